The second kappa shape index (κ2) is 10.5. The fraction of sp³-hybridized carbons (Fsp3) is 0.292. The highest BCUT2D eigenvalue weighted by atomic mass is 32.2. The largest absolute Gasteiger partial charge is 0.377 e. The first-order chi connectivity index (χ1) is 16.3. The van der Waals surface area contributed by atoms with Crippen molar-refractivity contribution < 1.29 is 17.9 Å². The predicted octanol–water partition coefficient (Wildman–Crippen LogP) is 4.42. The van der Waals surface area contributed by atoms with Crippen molar-refractivity contribution in [2.24, 2.45) is 0 Å². The average Bonchev–Trinajstić information content (AvgIpc) is 3.31. The number of aryl methyl sites for hydroxylation is 2. The molecule has 0 bridgehead atoms. The van der Waals surface area contributed by atoms with Crippen molar-refractivity contribution in [3.63, 3.8) is 0 Å². The van der Waals surface area contributed by atoms with Crippen molar-refractivity contribution in [3.8, 4) is 0 Å². The van der Waals surface area contributed by atoms with E-state index in [0.717, 1.165) is 30.1 Å². The molecule has 2 aromatic carbocycles. The van der Waals surface area contributed by atoms with E-state index in [4.69, 9.17) is 4.74 Å². The van der Waals surface area contributed by atoms with E-state index in [-0.39, 0.29) is 22.9 Å². The molecule has 2 N–H and O–H groups in total. The third-order valence-electron chi connectivity index (χ3n) is 5.21. The number of sulfonamides is 1. The van der Waals surface area contributed by atoms with Crippen LogP contribution in [-0.4, -0.2) is 42.8 Å². The standard InChI is InChI=1S/C24H26N4O4S2/c1-16-14-17(2)26-24(25-16)28-34(30,31)20-11-9-18(10-12-20)27-23(29)21-7-3-4-8-22(21)33-15-19-6-5-13-32-19/h3-4,7-12,14,19H,5-6,13,15H2,1-2H3,(H,27,29)(H,25,26,28)/t19-/m1/s1. The second-order valence-electron chi connectivity index (χ2n) is 8.00. The Balaban J connectivity index is 1.43. The topological polar surface area (TPSA) is 110 Å². The molecule has 0 radical (unpaired) electrons. The maximum absolute atomic E-state index is 12.9. The van der Waals surface area contributed by atoms with Gasteiger partial charge in [-0.25, -0.2) is 23.1 Å². The van der Waals surface area contributed by atoms with Crippen molar-refractivity contribution >= 4 is 39.3 Å². The Labute approximate surface area is 203 Å². The SMILES string of the molecule is Cc1cc(C)nc(NS(=O)(=O)c2ccc(NC(=O)c3ccccc3SC[C@H]3CCCO3)cc2)n1. The van der Waals surface area contributed by atoms with E-state index in [1.165, 1.54) is 12.1 Å². The van der Waals surface area contributed by atoms with Crippen LogP contribution in [-0.2, 0) is 14.8 Å². The monoisotopic (exact) mass is 498 g/mol. The van der Waals surface area contributed by atoms with Crippen molar-refractivity contribution in [2.75, 3.05) is 22.4 Å². The van der Waals surface area contributed by atoms with Crippen LogP contribution in [0.1, 0.15) is 34.6 Å². The molecule has 1 aromatic heterocycles. The van der Waals surface area contributed by atoms with Gasteiger partial charge in [-0.2, -0.15) is 0 Å². The number of nitrogens with one attached hydrogen (secondary N) is 2. The number of aromatic nitrogens is 2. The number of rotatable bonds is 8. The molecule has 10 heteroatoms. The van der Waals surface area contributed by atoms with Crippen LogP contribution in [0.25, 0.3) is 0 Å². The minimum absolute atomic E-state index is 0.0204. The van der Waals surface area contributed by atoms with Crippen molar-refractivity contribution in [1.82, 2.24) is 9.97 Å². The number of benzene rings is 2. The average molecular weight is 499 g/mol. The van der Waals surface area contributed by atoms with Gasteiger partial charge in [0.25, 0.3) is 15.9 Å². The molecule has 4 rings (SSSR count). The number of nitrogens with zero attached hydrogens (tertiary/aromatic N) is 2. The number of anilines is 2. The molecular formula is C24H26N4O4S2. The second-order valence-corrected chi connectivity index (χ2v) is 10.7. The maximum atomic E-state index is 12.9. The van der Waals surface area contributed by atoms with Crippen LogP contribution in [0.15, 0.2) is 64.4 Å². The third-order valence-corrected chi connectivity index (χ3v) is 7.76. The number of hydrogen-bond donors (Lipinski definition) is 2. The van der Waals surface area contributed by atoms with Crippen LogP contribution < -0.4 is 10.0 Å². The van der Waals surface area contributed by atoms with Gasteiger partial charge in [0.1, 0.15) is 0 Å². The van der Waals surface area contributed by atoms with Crippen LogP contribution in [0.3, 0.4) is 0 Å². The zero-order chi connectivity index (χ0) is 24.1. The van der Waals surface area contributed by atoms with Gasteiger partial charge in [-0.15, -0.1) is 11.8 Å². The molecule has 8 nitrogen and oxygen atoms in total. The first kappa shape index (κ1) is 24.2. The van der Waals surface area contributed by atoms with E-state index in [0.29, 0.717) is 22.6 Å². The fourth-order valence-corrected chi connectivity index (χ4v) is 5.67. The molecule has 1 atom stereocenters. The lowest BCUT2D eigenvalue weighted by Gasteiger charge is -2.13. The maximum Gasteiger partial charge on any atom is 0.264 e. The molecule has 34 heavy (non-hydrogen) atoms. The molecule has 0 spiro atoms. The van der Waals surface area contributed by atoms with Gasteiger partial charge in [0.05, 0.1) is 16.6 Å². The lowest BCUT2D eigenvalue weighted by molar-refractivity contribution is 0.102. The zero-order valence-corrected chi connectivity index (χ0v) is 20.6. The van der Waals surface area contributed by atoms with Gasteiger partial charge >= 0.3 is 0 Å². The van der Waals surface area contributed by atoms with Crippen LogP contribution in [0, 0.1) is 13.8 Å². The fourth-order valence-electron chi connectivity index (χ4n) is 3.61. The number of carbonyl (C=O) groups excluding carboxylic acids is 1. The molecule has 1 amide bonds. The number of thioether (sulfide) groups is 1. The van der Waals surface area contributed by atoms with Gasteiger partial charge in [0, 0.05) is 34.3 Å². The predicted molar refractivity (Wildman–Crippen MR) is 133 cm³/mol. The van der Waals surface area contributed by atoms with Crippen LogP contribution in [0.4, 0.5) is 11.6 Å². The zero-order valence-electron chi connectivity index (χ0n) is 18.9. The summed E-state index contributed by atoms with van der Waals surface area (Å²) in [6, 6.07) is 15.1. The van der Waals surface area contributed by atoms with E-state index >= 15 is 0 Å². The van der Waals surface area contributed by atoms with Gasteiger partial charge in [-0.1, -0.05) is 12.1 Å². The lowest BCUT2D eigenvalue weighted by atomic mass is 10.2. The Kier molecular flexibility index (Phi) is 7.50. The molecule has 178 valence electrons. The Morgan fingerprint density at radius 1 is 1.09 bits per heavy atom. The summed E-state index contributed by atoms with van der Waals surface area (Å²) in [4.78, 5) is 22.1. The highest BCUT2D eigenvalue weighted by molar-refractivity contribution is 7.99. The van der Waals surface area contributed by atoms with Crippen molar-refractivity contribution in [2.45, 2.75) is 42.6 Å². The van der Waals surface area contributed by atoms with Crippen LogP contribution >= 0.6 is 11.8 Å². The Morgan fingerprint density at radius 3 is 2.47 bits per heavy atom. The Morgan fingerprint density at radius 2 is 1.79 bits per heavy atom. The number of hydrogen-bond acceptors (Lipinski definition) is 7. The van der Waals surface area contributed by atoms with Gasteiger partial charge in [0.2, 0.25) is 5.95 Å². The highest BCUT2D eigenvalue weighted by Crippen LogP contribution is 2.27. The van der Waals surface area contributed by atoms with E-state index < -0.39 is 10.0 Å². The number of ether oxygens (including phenoxy) is 1. The molecule has 1 aliphatic heterocycles. The lowest BCUT2D eigenvalue weighted by Crippen LogP contribution is -2.16. The minimum Gasteiger partial charge on any atom is -0.377 e. The summed E-state index contributed by atoms with van der Waals surface area (Å²) in [5, 5.41) is 2.85. The summed E-state index contributed by atoms with van der Waals surface area (Å²) in [7, 11) is -3.87. The molecule has 1 aliphatic rings. The Bertz CT molecular complexity index is 1250. The van der Waals surface area contributed by atoms with Gasteiger partial charge in [-0.05, 0) is 69.2 Å². The van der Waals surface area contributed by atoms with E-state index in [1.807, 2.05) is 18.2 Å². The molecule has 0 aliphatic carbocycles. The molecular weight excluding hydrogens is 472 g/mol. The van der Waals surface area contributed by atoms with Crippen molar-refractivity contribution in [1.29, 1.82) is 0 Å². The van der Waals surface area contributed by atoms with E-state index in [1.54, 1.807) is 49.9 Å². The summed E-state index contributed by atoms with van der Waals surface area (Å²) in [5.74, 6) is 0.563. The summed E-state index contributed by atoms with van der Waals surface area (Å²) < 4.78 is 33.5. The highest BCUT2D eigenvalue weighted by Gasteiger charge is 2.19. The first-order valence-electron chi connectivity index (χ1n) is 10.9. The molecule has 0 saturated carbocycles. The summed E-state index contributed by atoms with van der Waals surface area (Å²) in [6.07, 6.45) is 2.34. The third kappa shape index (κ3) is 6.13. The molecule has 1 fully saturated rings. The van der Waals surface area contributed by atoms with Gasteiger partial charge < -0.3 is 10.1 Å². The summed E-state index contributed by atoms with van der Waals surface area (Å²) in [6.45, 7) is 4.33. The smallest absolute Gasteiger partial charge is 0.264 e. The quantitative estimate of drug-likeness (QED) is 0.443. The normalized spacial score (nSPS) is 15.8. The Hall–Kier alpha value is -2.95. The van der Waals surface area contributed by atoms with Gasteiger partial charge in [-0.3, -0.25) is 4.79 Å². The van der Waals surface area contributed by atoms with Crippen LogP contribution in [0.2, 0.25) is 0 Å². The number of carbonyl (C=O) groups is 1. The minimum atomic E-state index is -3.87. The van der Waals surface area contributed by atoms with E-state index in [2.05, 4.69) is 20.0 Å². The van der Waals surface area contributed by atoms with Crippen molar-refractivity contribution in [3.05, 3.63) is 71.5 Å². The molecule has 1 saturated heterocycles. The molecule has 3 aromatic rings. The molecule has 2 heterocycles. The summed E-state index contributed by atoms with van der Waals surface area (Å²) in [5.41, 5.74) is 2.39. The number of amides is 1. The first-order valence-corrected chi connectivity index (χ1v) is 13.4. The summed E-state index contributed by atoms with van der Waals surface area (Å²) >= 11 is 1.61. The van der Waals surface area contributed by atoms with E-state index in [9.17, 15) is 13.2 Å². The van der Waals surface area contributed by atoms with Crippen LogP contribution in [0.5, 0.6) is 0 Å². The molecule has 0 unspecified atom stereocenters. The van der Waals surface area contributed by atoms with Gasteiger partial charge in [0.15, 0.2) is 0 Å².